The van der Waals surface area contributed by atoms with Crippen molar-refractivity contribution in [2.24, 2.45) is 0 Å². The number of aliphatic hydroxyl groups excluding tert-OH is 1. The first-order chi connectivity index (χ1) is 23.1. The normalized spacial score (nSPS) is 21.9. The first-order valence-corrected chi connectivity index (χ1v) is 19.9. The lowest BCUT2D eigenvalue weighted by atomic mass is 10.0. The van der Waals surface area contributed by atoms with Crippen LogP contribution in [0.5, 0.6) is 0 Å². The number of nitrogens with zero attached hydrogens (tertiary/aromatic N) is 6. The zero-order valence-corrected chi connectivity index (χ0v) is 29.6. The van der Waals surface area contributed by atoms with Crippen molar-refractivity contribution in [2.45, 2.75) is 94.6 Å². The number of carbonyl (C=O) groups excluding carboxylic acids is 1. The number of alkyl halides is 3. The fourth-order valence-corrected chi connectivity index (χ4v) is 9.77. The van der Waals surface area contributed by atoms with Gasteiger partial charge in [0, 0.05) is 97.9 Å². The second-order valence-corrected chi connectivity index (χ2v) is 16.4. The van der Waals surface area contributed by atoms with E-state index in [2.05, 4.69) is 9.80 Å². The summed E-state index contributed by atoms with van der Waals surface area (Å²) in [5.41, 5.74) is 2.38. The first-order valence-electron chi connectivity index (χ1n) is 17.6. The molecule has 266 valence electrons. The number of likely N-dealkylation sites (tertiary alicyclic amines) is 3. The smallest absolute Gasteiger partial charge is 0.390 e. The Balaban J connectivity index is 1.20. The van der Waals surface area contributed by atoms with E-state index >= 15 is 0 Å². The Bertz CT molecular complexity index is 1440. The maximum absolute atomic E-state index is 14.1. The predicted molar refractivity (Wildman–Crippen MR) is 183 cm³/mol. The highest BCUT2D eigenvalue weighted by Crippen LogP contribution is 2.40. The molecule has 48 heavy (non-hydrogen) atoms. The predicted octanol–water partition coefficient (Wildman–Crippen LogP) is 4.64. The van der Waals surface area contributed by atoms with Gasteiger partial charge in [0.05, 0.1) is 34.9 Å². The molecule has 0 radical (unpaired) electrons. The average molecular weight is 711 g/mol. The maximum atomic E-state index is 14.1. The van der Waals surface area contributed by atoms with Gasteiger partial charge in [0.1, 0.15) is 0 Å². The van der Waals surface area contributed by atoms with E-state index in [9.17, 15) is 27.3 Å². The van der Waals surface area contributed by atoms with E-state index in [-0.39, 0.29) is 23.4 Å². The molecule has 2 atom stereocenters. The van der Waals surface area contributed by atoms with Gasteiger partial charge in [-0.2, -0.15) is 18.3 Å². The lowest BCUT2D eigenvalue weighted by Gasteiger charge is -2.37. The molecule has 2 unspecified atom stereocenters. The molecule has 1 N–H and O–H groups in total. The van der Waals surface area contributed by atoms with Crippen LogP contribution in [0.25, 0.3) is 11.3 Å². The molecule has 3 saturated heterocycles. The summed E-state index contributed by atoms with van der Waals surface area (Å²) in [6, 6.07) is 4.58. The molecular weight excluding hydrogens is 662 g/mol. The number of hydrogen-bond acceptors (Lipinski definition) is 7. The summed E-state index contributed by atoms with van der Waals surface area (Å²) in [4.78, 5) is 19.0. The van der Waals surface area contributed by atoms with E-state index in [0.717, 1.165) is 82.6 Å². The minimum absolute atomic E-state index is 0.198. The number of piperidine rings is 2. The molecule has 2 aromatic rings. The lowest BCUT2D eigenvalue weighted by Crippen LogP contribution is -2.47. The third kappa shape index (κ3) is 8.48. The number of amides is 1. The van der Waals surface area contributed by atoms with Gasteiger partial charge in [-0.05, 0) is 57.3 Å². The van der Waals surface area contributed by atoms with Crippen LogP contribution in [0, 0.1) is 0 Å². The Labute approximate surface area is 288 Å². The molecule has 0 saturated carbocycles. The molecule has 14 heteroatoms. The van der Waals surface area contributed by atoms with Crippen LogP contribution in [0.1, 0.15) is 68.7 Å². The minimum atomic E-state index is -4.47. The van der Waals surface area contributed by atoms with Gasteiger partial charge in [0.15, 0.2) is 0 Å². The van der Waals surface area contributed by atoms with Crippen molar-refractivity contribution in [3.05, 3.63) is 35.0 Å². The van der Waals surface area contributed by atoms with Gasteiger partial charge in [-0.3, -0.25) is 9.48 Å². The van der Waals surface area contributed by atoms with Crippen molar-refractivity contribution in [1.82, 2.24) is 28.8 Å². The Morgan fingerprint density at radius 1 is 1.00 bits per heavy atom. The molecule has 4 aliphatic rings. The van der Waals surface area contributed by atoms with Crippen molar-refractivity contribution in [3.63, 3.8) is 0 Å². The molecule has 1 aromatic carbocycles. The summed E-state index contributed by atoms with van der Waals surface area (Å²) in [7, 11) is -1.17. The lowest BCUT2D eigenvalue weighted by molar-refractivity contribution is -0.139. The van der Waals surface area contributed by atoms with Crippen molar-refractivity contribution in [3.8, 4) is 11.3 Å². The van der Waals surface area contributed by atoms with Gasteiger partial charge in [0.2, 0.25) is 5.91 Å². The van der Waals surface area contributed by atoms with E-state index in [4.69, 9.17) is 5.10 Å². The summed E-state index contributed by atoms with van der Waals surface area (Å²) in [5.74, 6) is 1.31. The van der Waals surface area contributed by atoms with Crippen molar-refractivity contribution in [2.75, 3.05) is 63.9 Å². The number of thioether (sulfide) groups is 1. The fourth-order valence-electron chi connectivity index (χ4n) is 7.72. The molecule has 0 aliphatic carbocycles. The van der Waals surface area contributed by atoms with Gasteiger partial charge in [0.25, 0.3) is 0 Å². The van der Waals surface area contributed by atoms with Crippen molar-refractivity contribution < 1.29 is 27.3 Å². The number of carbonyl (C=O) groups is 1. The fraction of sp³-hybridized carbons (Fsp3) is 0.706. The zero-order chi connectivity index (χ0) is 33.8. The molecule has 0 spiro atoms. The maximum Gasteiger partial charge on any atom is 0.417 e. The first kappa shape index (κ1) is 35.8. The third-order valence-electron chi connectivity index (χ3n) is 10.3. The van der Waals surface area contributed by atoms with Crippen LogP contribution < -0.4 is 0 Å². The second kappa shape index (κ2) is 15.9. The average Bonchev–Trinajstić information content (AvgIpc) is 3.67. The molecule has 6 rings (SSSR count). The zero-order valence-electron chi connectivity index (χ0n) is 27.9. The Morgan fingerprint density at radius 2 is 1.77 bits per heavy atom. The van der Waals surface area contributed by atoms with Gasteiger partial charge in [-0.25, -0.2) is 8.51 Å². The molecule has 0 bridgehead atoms. The Morgan fingerprint density at radius 3 is 2.46 bits per heavy atom. The molecule has 9 nitrogen and oxygen atoms in total. The largest absolute Gasteiger partial charge is 0.417 e. The van der Waals surface area contributed by atoms with E-state index in [1.54, 1.807) is 6.07 Å². The van der Waals surface area contributed by atoms with Gasteiger partial charge in [-0.15, -0.1) is 11.8 Å². The van der Waals surface area contributed by atoms with E-state index in [0.29, 0.717) is 55.2 Å². The summed E-state index contributed by atoms with van der Waals surface area (Å²) in [6.45, 7) is 8.82. The van der Waals surface area contributed by atoms with Crippen LogP contribution >= 0.6 is 11.8 Å². The van der Waals surface area contributed by atoms with Crippen molar-refractivity contribution in [1.29, 1.82) is 0 Å². The second-order valence-electron chi connectivity index (χ2n) is 13.5. The molecule has 4 aliphatic heterocycles. The summed E-state index contributed by atoms with van der Waals surface area (Å²) in [6.07, 6.45) is 2.29. The van der Waals surface area contributed by atoms with E-state index < -0.39 is 28.8 Å². The number of β-amino-alcohol motifs (C(OH)–C–C–N with tert-alkyl or cyclic N) is 1. The highest BCUT2D eigenvalue weighted by Gasteiger charge is 2.35. The number of aliphatic hydroxyl groups is 1. The van der Waals surface area contributed by atoms with Crippen LogP contribution in [0.15, 0.2) is 23.1 Å². The quantitative estimate of drug-likeness (QED) is 0.322. The third-order valence-corrected chi connectivity index (χ3v) is 12.7. The van der Waals surface area contributed by atoms with Gasteiger partial charge < -0.3 is 19.8 Å². The number of hydrogen-bond donors (Lipinski definition) is 1. The monoisotopic (exact) mass is 710 g/mol. The number of halogens is 3. The summed E-state index contributed by atoms with van der Waals surface area (Å²) >= 11 is 1.25. The van der Waals surface area contributed by atoms with Crippen LogP contribution in [-0.2, 0) is 41.5 Å². The van der Waals surface area contributed by atoms with E-state index in [1.165, 1.54) is 30.3 Å². The highest BCUT2D eigenvalue weighted by atomic mass is 32.2. The minimum Gasteiger partial charge on any atom is -0.390 e. The molecule has 1 aromatic heterocycles. The van der Waals surface area contributed by atoms with Crippen molar-refractivity contribution >= 4 is 28.7 Å². The summed E-state index contributed by atoms with van der Waals surface area (Å²) < 4.78 is 59.0. The Kier molecular flexibility index (Phi) is 11.9. The number of aromatic nitrogens is 2. The molecular formula is C34H49F3N6O3S2. The van der Waals surface area contributed by atoms with Gasteiger partial charge >= 0.3 is 6.18 Å². The number of benzene rings is 1. The number of fused-ring (bicyclic) bond motifs is 1. The standard InChI is InChI=1S/C34H49F3N6O3S2/c1-2-48(46)41-18-12-30-28(24-41)33(25-8-9-29(34(35,36)37)31(21-25)47-20-19-39-13-4-3-5-14-39)38-43(30)23-27(44)22-40-16-10-26(11-17-40)42-15-6-7-32(42)45/h8-9,21,26-27,44H,2-7,10-20,22-24H2,1H3. The van der Waals surface area contributed by atoms with E-state index in [1.807, 2.05) is 20.8 Å². The summed E-state index contributed by atoms with van der Waals surface area (Å²) in [5, 5.41) is 16.2. The van der Waals surface area contributed by atoms with Crippen LogP contribution in [0.4, 0.5) is 13.2 Å². The van der Waals surface area contributed by atoms with Crippen LogP contribution in [0.3, 0.4) is 0 Å². The number of rotatable bonds is 12. The highest BCUT2D eigenvalue weighted by molar-refractivity contribution is 7.99. The molecule has 1 amide bonds. The molecule has 5 heterocycles. The molecule has 3 fully saturated rings. The Hall–Kier alpha value is -1.97. The van der Waals surface area contributed by atoms with Crippen LogP contribution in [0.2, 0.25) is 0 Å². The SMILES string of the molecule is CCS(=O)N1CCc2c(c(-c3ccc(C(F)(F)F)c(SCCN4CCCCC4)c3)nn2CC(O)CN2CCC(N3CCCC3=O)CC2)C1. The topological polar surface area (TPSA) is 85.2 Å². The van der Waals surface area contributed by atoms with Crippen LogP contribution in [-0.4, -0.2) is 120 Å². The van der Waals surface area contributed by atoms with Gasteiger partial charge in [-0.1, -0.05) is 19.4 Å².